The molecule has 1 fully saturated rings. The first-order valence-corrected chi connectivity index (χ1v) is 8.88. The number of ether oxygens (including phenoxy) is 1. The third-order valence-corrected chi connectivity index (χ3v) is 4.41. The number of benzene rings is 1. The molecule has 1 aliphatic rings. The smallest absolute Gasteiger partial charge is 0.421 e. The van der Waals surface area contributed by atoms with E-state index in [9.17, 15) is 4.79 Å². The number of amides is 1. The number of nitrogens with one attached hydrogen (secondary N) is 2. The quantitative estimate of drug-likeness (QED) is 0.745. The lowest BCUT2D eigenvalue weighted by Gasteiger charge is -2.30. The zero-order chi connectivity index (χ0) is 16.5. The van der Waals surface area contributed by atoms with E-state index >= 15 is 0 Å². The Hall–Kier alpha value is -1.55. The van der Waals surface area contributed by atoms with E-state index in [2.05, 4.69) is 36.8 Å². The Kier molecular flexibility index (Phi) is 7.40. The molecule has 128 valence electrons. The first kappa shape index (κ1) is 17.8. The van der Waals surface area contributed by atoms with E-state index in [0.29, 0.717) is 11.8 Å². The lowest BCUT2D eigenvalue weighted by Crippen LogP contribution is -2.43. The monoisotopic (exact) mass is 318 g/mol. The van der Waals surface area contributed by atoms with Crippen LogP contribution in [0, 0.1) is 11.8 Å². The van der Waals surface area contributed by atoms with Crippen LogP contribution in [0.2, 0.25) is 0 Å². The van der Waals surface area contributed by atoms with E-state index in [1.165, 1.54) is 24.8 Å². The van der Waals surface area contributed by atoms with Gasteiger partial charge in [0.05, 0.1) is 0 Å². The fraction of sp³-hybridized carbons (Fsp3) is 0.632. The molecular weight excluding hydrogens is 288 g/mol. The van der Waals surface area contributed by atoms with Crippen LogP contribution in [0.15, 0.2) is 30.3 Å². The molecule has 0 radical (unpaired) electrons. The highest BCUT2D eigenvalue weighted by atomic mass is 16.6. The van der Waals surface area contributed by atoms with E-state index in [1.54, 1.807) is 0 Å². The van der Waals surface area contributed by atoms with Crippen molar-refractivity contribution in [2.45, 2.75) is 58.5 Å². The van der Waals surface area contributed by atoms with Crippen LogP contribution in [0.5, 0.6) is 0 Å². The van der Waals surface area contributed by atoms with Gasteiger partial charge in [-0.25, -0.2) is 10.2 Å². The third-order valence-electron chi connectivity index (χ3n) is 4.41. The van der Waals surface area contributed by atoms with Gasteiger partial charge < -0.3 is 4.74 Å². The Morgan fingerprint density at radius 3 is 2.52 bits per heavy atom. The summed E-state index contributed by atoms with van der Waals surface area (Å²) >= 11 is 0. The van der Waals surface area contributed by atoms with E-state index in [-0.39, 0.29) is 12.2 Å². The maximum Gasteiger partial charge on any atom is 0.421 e. The van der Waals surface area contributed by atoms with Crippen molar-refractivity contribution in [1.29, 1.82) is 0 Å². The fourth-order valence-corrected chi connectivity index (χ4v) is 3.15. The summed E-state index contributed by atoms with van der Waals surface area (Å²) in [7, 11) is 0. The van der Waals surface area contributed by atoms with Gasteiger partial charge in [-0.2, -0.15) is 0 Å². The lowest BCUT2D eigenvalue weighted by molar-refractivity contribution is 0.0457. The minimum absolute atomic E-state index is 0.0430. The number of hydrazine groups is 1. The zero-order valence-electron chi connectivity index (χ0n) is 14.4. The molecule has 0 aromatic heterocycles. The molecule has 1 aromatic carbocycles. The van der Waals surface area contributed by atoms with Gasteiger partial charge in [0, 0.05) is 13.0 Å². The predicted octanol–water partition coefficient (Wildman–Crippen LogP) is 4.06. The molecule has 1 atom stereocenters. The Bertz CT molecular complexity index is 456. The average molecular weight is 318 g/mol. The van der Waals surface area contributed by atoms with Crippen molar-refractivity contribution in [3.8, 4) is 0 Å². The average Bonchev–Trinajstić information content (AvgIpc) is 2.56. The molecule has 1 amide bonds. The summed E-state index contributed by atoms with van der Waals surface area (Å²) in [6.07, 6.45) is 6.49. The summed E-state index contributed by atoms with van der Waals surface area (Å²) in [5.74, 6) is 0.952. The van der Waals surface area contributed by atoms with Crippen LogP contribution in [0.4, 0.5) is 4.79 Å². The van der Waals surface area contributed by atoms with Crippen LogP contribution in [-0.4, -0.2) is 18.7 Å². The molecule has 2 rings (SSSR count). The van der Waals surface area contributed by atoms with Gasteiger partial charge in [-0.1, -0.05) is 63.4 Å². The highest BCUT2D eigenvalue weighted by molar-refractivity contribution is 5.66. The second-order valence-electron chi connectivity index (χ2n) is 6.93. The molecule has 23 heavy (non-hydrogen) atoms. The van der Waals surface area contributed by atoms with E-state index in [0.717, 1.165) is 25.8 Å². The molecule has 1 aromatic rings. The van der Waals surface area contributed by atoms with Crippen molar-refractivity contribution in [3.05, 3.63) is 35.9 Å². The minimum Gasteiger partial charge on any atom is -0.445 e. The van der Waals surface area contributed by atoms with Crippen LogP contribution in [0.25, 0.3) is 0 Å². The van der Waals surface area contributed by atoms with E-state index in [4.69, 9.17) is 4.74 Å². The van der Waals surface area contributed by atoms with Gasteiger partial charge >= 0.3 is 6.09 Å². The van der Waals surface area contributed by atoms with Gasteiger partial charge in [0.25, 0.3) is 0 Å². The minimum atomic E-state index is -0.364. The molecule has 0 bridgehead atoms. The lowest BCUT2D eigenvalue weighted by atomic mass is 9.83. The predicted molar refractivity (Wildman–Crippen MR) is 93.0 cm³/mol. The van der Waals surface area contributed by atoms with Crippen LogP contribution in [-0.2, 0) is 11.2 Å². The third kappa shape index (κ3) is 6.61. The summed E-state index contributed by atoms with van der Waals surface area (Å²) in [4.78, 5) is 12.1. The van der Waals surface area contributed by atoms with Crippen molar-refractivity contribution in [3.63, 3.8) is 0 Å². The standard InChI is InChI=1S/C19H30N2O2/c1-15(2)14-20-21-19(22)23-18(17-11-7-4-8-12-17)13-16-9-5-3-6-10-16/h3,5-6,9-10,15,17-18,20H,4,7-8,11-14H2,1-2H3,(H,21,22). The molecule has 1 aliphatic carbocycles. The molecule has 1 saturated carbocycles. The number of hydrogen-bond acceptors (Lipinski definition) is 3. The van der Waals surface area contributed by atoms with Crippen LogP contribution < -0.4 is 10.9 Å². The molecule has 1 unspecified atom stereocenters. The molecule has 0 aliphatic heterocycles. The van der Waals surface area contributed by atoms with Crippen molar-refractivity contribution >= 4 is 6.09 Å². The van der Waals surface area contributed by atoms with Gasteiger partial charge in [-0.15, -0.1) is 0 Å². The largest absolute Gasteiger partial charge is 0.445 e. The van der Waals surface area contributed by atoms with E-state index < -0.39 is 0 Å². The topological polar surface area (TPSA) is 50.4 Å². The van der Waals surface area contributed by atoms with Gasteiger partial charge in [0.1, 0.15) is 6.10 Å². The summed E-state index contributed by atoms with van der Waals surface area (Å²) in [5.41, 5.74) is 6.82. The second-order valence-corrected chi connectivity index (χ2v) is 6.93. The van der Waals surface area contributed by atoms with Gasteiger partial charge in [-0.3, -0.25) is 5.43 Å². The number of carbonyl (C=O) groups excluding carboxylic acids is 1. The normalized spacial score (nSPS) is 17.0. The molecular formula is C19H30N2O2. The Balaban J connectivity index is 1.91. The van der Waals surface area contributed by atoms with Crippen LogP contribution >= 0.6 is 0 Å². The highest BCUT2D eigenvalue weighted by Crippen LogP contribution is 2.29. The second kappa shape index (κ2) is 9.56. The highest BCUT2D eigenvalue weighted by Gasteiger charge is 2.27. The van der Waals surface area contributed by atoms with Gasteiger partial charge in [0.15, 0.2) is 0 Å². The number of carbonyl (C=O) groups is 1. The molecule has 4 nitrogen and oxygen atoms in total. The maximum atomic E-state index is 12.1. The summed E-state index contributed by atoms with van der Waals surface area (Å²) in [6.45, 7) is 4.93. The van der Waals surface area contributed by atoms with Crippen molar-refractivity contribution in [2.75, 3.05) is 6.54 Å². The first-order valence-electron chi connectivity index (χ1n) is 8.88. The van der Waals surface area contributed by atoms with Gasteiger partial charge in [0.2, 0.25) is 0 Å². The van der Waals surface area contributed by atoms with Crippen molar-refractivity contribution in [1.82, 2.24) is 10.9 Å². The number of hydrogen-bond donors (Lipinski definition) is 2. The molecule has 0 saturated heterocycles. The Morgan fingerprint density at radius 1 is 1.17 bits per heavy atom. The summed E-state index contributed by atoms with van der Waals surface area (Å²) in [5, 5.41) is 0. The van der Waals surface area contributed by atoms with Crippen LogP contribution in [0.3, 0.4) is 0 Å². The first-order chi connectivity index (χ1) is 11.1. The van der Waals surface area contributed by atoms with Crippen molar-refractivity contribution < 1.29 is 9.53 Å². The maximum absolute atomic E-state index is 12.1. The summed E-state index contributed by atoms with van der Waals surface area (Å²) < 4.78 is 5.76. The zero-order valence-corrected chi connectivity index (χ0v) is 14.4. The van der Waals surface area contributed by atoms with Crippen LogP contribution in [0.1, 0.15) is 51.5 Å². The fourth-order valence-electron chi connectivity index (χ4n) is 3.15. The molecule has 0 spiro atoms. The number of rotatable bonds is 7. The molecule has 0 heterocycles. The Morgan fingerprint density at radius 2 is 1.87 bits per heavy atom. The molecule has 2 N–H and O–H groups in total. The SMILES string of the molecule is CC(C)CNNC(=O)OC(Cc1ccccc1)C1CCCCC1. The molecule has 4 heteroatoms. The Labute approximate surface area is 140 Å². The van der Waals surface area contributed by atoms with Gasteiger partial charge in [-0.05, 0) is 30.2 Å². The summed E-state index contributed by atoms with van der Waals surface area (Å²) in [6, 6.07) is 10.3. The van der Waals surface area contributed by atoms with Crippen molar-refractivity contribution in [2.24, 2.45) is 11.8 Å². The van der Waals surface area contributed by atoms with E-state index in [1.807, 2.05) is 18.2 Å².